The van der Waals surface area contributed by atoms with E-state index in [1.165, 1.54) is 23.9 Å². The number of aromatic nitrogens is 2. The molecule has 2 N–H and O–H groups in total. The number of benzene rings is 1. The molecule has 0 saturated heterocycles. The number of hydrogen-bond donors (Lipinski definition) is 2. The van der Waals surface area contributed by atoms with Gasteiger partial charge < -0.3 is 14.6 Å². The monoisotopic (exact) mass is 495 g/mol. The van der Waals surface area contributed by atoms with Crippen LogP contribution in [0.5, 0.6) is 5.88 Å². The number of aryl methyl sites for hydroxylation is 1. The molecule has 10 nitrogen and oxygen atoms in total. The number of fused-ring (bicyclic) bond motifs is 1. The summed E-state index contributed by atoms with van der Waals surface area (Å²) in [7, 11) is -2.02. The number of nitrogens with one attached hydrogen (secondary N) is 2. The minimum atomic E-state index is -3.53. The molecule has 1 aromatic carbocycles. The summed E-state index contributed by atoms with van der Waals surface area (Å²) in [6, 6.07) is 11.9. The van der Waals surface area contributed by atoms with Gasteiger partial charge in [0.15, 0.2) is 0 Å². The van der Waals surface area contributed by atoms with E-state index in [1.54, 1.807) is 37.3 Å². The highest BCUT2D eigenvalue weighted by molar-refractivity contribution is 7.91. The van der Waals surface area contributed by atoms with E-state index in [0.717, 1.165) is 5.56 Å². The zero-order valence-electron chi connectivity index (χ0n) is 19.4. The Hall–Kier alpha value is -3.75. The highest BCUT2D eigenvalue weighted by Crippen LogP contribution is 2.43. The van der Waals surface area contributed by atoms with E-state index in [0.29, 0.717) is 35.9 Å². The van der Waals surface area contributed by atoms with E-state index < -0.39 is 26.2 Å². The lowest BCUT2D eigenvalue weighted by Gasteiger charge is -2.18. The van der Waals surface area contributed by atoms with Crippen LogP contribution < -0.4 is 20.3 Å². The van der Waals surface area contributed by atoms with Crippen LogP contribution >= 0.6 is 0 Å². The van der Waals surface area contributed by atoms with Gasteiger partial charge in [-0.2, -0.15) is 5.26 Å². The number of hydrogen-bond acceptors (Lipinski definition) is 7. The van der Waals surface area contributed by atoms with Gasteiger partial charge >= 0.3 is 0 Å². The number of rotatable bonds is 9. The van der Waals surface area contributed by atoms with Crippen molar-refractivity contribution in [2.24, 2.45) is 7.05 Å². The number of nitrogens with zero attached hydrogens (tertiary/aromatic N) is 3. The Morgan fingerprint density at radius 1 is 1.26 bits per heavy atom. The van der Waals surface area contributed by atoms with Crippen LogP contribution in [0.2, 0.25) is 0 Å². The molecule has 11 heteroatoms. The molecule has 3 aromatic rings. The summed E-state index contributed by atoms with van der Waals surface area (Å²) in [5, 5.41) is 12.2. The minimum absolute atomic E-state index is 0.0424. The highest BCUT2D eigenvalue weighted by atomic mass is 32.2. The quantitative estimate of drug-likeness (QED) is 0.459. The molecule has 35 heavy (non-hydrogen) atoms. The number of ether oxygens (including phenoxy) is 1. The van der Waals surface area contributed by atoms with Crippen molar-refractivity contribution in [3.8, 4) is 11.9 Å². The molecule has 1 amide bonds. The molecular weight excluding hydrogens is 470 g/mol. The number of carbonyl (C=O) groups excluding carboxylic acids is 1. The Labute approximate surface area is 202 Å². The molecule has 0 aliphatic heterocycles. The molecule has 4 rings (SSSR count). The van der Waals surface area contributed by atoms with Crippen molar-refractivity contribution in [1.29, 1.82) is 5.26 Å². The fourth-order valence-corrected chi connectivity index (χ4v) is 5.36. The molecule has 182 valence electrons. The summed E-state index contributed by atoms with van der Waals surface area (Å²) in [6.07, 6.45) is 2.45. The van der Waals surface area contributed by atoms with Crippen molar-refractivity contribution < 1.29 is 17.9 Å². The van der Waals surface area contributed by atoms with Crippen LogP contribution in [0.3, 0.4) is 0 Å². The van der Waals surface area contributed by atoms with Crippen LogP contribution in [0, 0.1) is 11.3 Å². The fraction of sp³-hybridized carbons (Fsp3) is 0.333. The van der Waals surface area contributed by atoms with Crippen LogP contribution in [0.15, 0.2) is 47.4 Å². The molecule has 0 bridgehead atoms. The molecule has 0 radical (unpaired) electrons. The molecule has 1 fully saturated rings. The van der Waals surface area contributed by atoms with Gasteiger partial charge in [0, 0.05) is 31.7 Å². The van der Waals surface area contributed by atoms with Crippen LogP contribution in [0.4, 0.5) is 0 Å². The summed E-state index contributed by atoms with van der Waals surface area (Å²) in [6.45, 7) is 2.12. The second-order valence-corrected chi connectivity index (χ2v) is 10.6. The molecular formula is C24H25N5O5S. The normalized spacial score (nSPS) is 14.3. The summed E-state index contributed by atoms with van der Waals surface area (Å²) in [5.74, 6) is -0.408. The number of amides is 1. The topological polar surface area (TPSA) is 143 Å². The lowest BCUT2D eigenvalue weighted by atomic mass is 10.1. The van der Waals surface area contributed by atoms with Gasteiger partial charge in [-0.05, 0) is 42.7 Å². The van der Waals surface area contributed by atoms with Gasteiger partial charge in [0.2, 0.25) is 15.9 Å². The number of nitriles is 1. The van der Waals surface area contributed by atoms with Gasteiger partial charge in [-0.25, -0.2) is 18.1 Å². The van der Waals surface area contributed by atoms with Gasteiger partial charge in [-0.3, -0.25) is 9.59 Å². The van der Waals surface area contributed by atoms with Gasteiger partial charge in [-0.1, -0.05) is 19.1 Å². The van der Waals surface area contributed by atoms with Gasteiger partial charge in [-0.15, -0.1) is 0 Å². The Bertz CT molecular complexity index is 1490. The van der Waals surface area contributed by atoms with Crippen LogP contribution in [0.1, 0.15) is 41.3 Å². The van der Waals surface area contributed by atoms with Crippen LogP contribution in [-0.4, -0.2) is 41.8 Å². The fourth-order valence-electron chi connectivity index (χ4n) is 3.82. The second kappa shape index (κ2) is 9.48. The van der Waals surface area contributed by atoms with E-state index in [2.05, 4.69) is 15.0 Å². The predicted molar refractivity (Wildman–Crippen MR) is 129 cm³/mol. The van der Waals surface area contributed by atoms with Gasteiger partial charge in [0.05, 0.1) is 11.6 Å². The van der Waals surface area contributed by atoms with Crippen molar-refractivity contribution in [3.05, 3.63) is 69.6 Å². The Balaban J connectivity index is 1.56. The zero-order chi connectivity index (χ0) is 25.2. The SMILES string of the molecule is CCNS(=O)(=O)C1(COc2nccc3cc(C(=O)NCc4ccc(C#N)cc4)c(=O)n(C)c23)CC1. The van der Waals surface area contributed by atoms with Gasteiger partial charge in [0.25, 0.3) is 11.5 Å². The first-order valence-electron chi connectivity index (χ1n) is 11.1. The van der Waals surface area contributed by atoms with Crippen molar-refractivity contribution in [2.75, 3.05) is 13.2 Å². The van der Waals surface area contributed by atoms with Crippen LogP contribution in [0.25, 0.3) is 10.9 Å². The maximum atomic E-state index is 13.0. The molecule has 1 aliphatic carbocycles. The first-order chi connectivity index (χ1) is 16.7. The average Bonchev–Trinajstić information content (AvgIpc) is 3.65. The summed E-state index contributed by atoms with van der Waals surface area (Å²) in [5.41, 5.74) is 1.10. The van der Waals surface area contributed by atoms with Crippen molar-refractivity contribution >= 4 is 26.8 Å². The lowest BCUT2D eigenvalue weighted by Crippen LogP contribution is -2.40. The Kier molecular flexibility index (Phi) is 6.60. The smallest absolute Gasteiger partial charge is 0.263 e. The number of pyridine rings is 2. The number of sulfonamides is 1. The molecule has 0 atom stereocenters. The first-order valence-corrected chi connectivity index (χ1v) is 12.6. The van der Waals surface area contributed by atoms with Crippen LogP contribution in [-0.2, 0) is 23.6 Å². The highest BCUT2D eigenvalue weighted by Gasteiger charge is 2.55. The molecule has 1 aliphatic rings. The molecule has 1 saturated carbocycles. The zero-order valence-corrected chi connectivity index (χ0v) is 20.2. The third kappa shape index (κ3) is 4.76. The molecule has 2 heterocycles. The Morgan fingerprint density at radius 2 is 1.97 bits per heavy atom. The van der Waals surface area contributed by atoms with E-state index >= 15 is 0 Å². The average molecular weight is 496 g/mol. The first kappa shape index (κ1) is 24.4. The maximum Gasteiger partial charge on any atom is 0.263 e. The summed E-state index contributed by atoms with van der Waals surface area (Å²) >= 11 is 0. The standard InChI is InChI=1S/C24H25N5O5S/c1-3-28-35(32,33)24(9-10-24)15-34-22-20-18(8-11-26-22)12-19(23(31)29(20)2)21(30)27-14-17-6-4-16(13-25)5-7-17/h4-8,11-12,28H,3,9-10,14-15H2,1-2H3,(H,27,30). The van der Waals surface area contributed by atoms with E-state index in [-0.39, 0.29) is 24.6 Å². The number of carbonyl (C=O) groups is 1. The molecule has 2 aromatic heterocycles. The van der Waals surface area contributed by atoms with E-state index in [9.17, 15) is 18.0 Å². The van der Waals surface area contributed by atoms with Crippen molar-refractivity contribution in [3.63, 3.8) is 0 Å². The Morgan fingerprint density at radius 3 is 2.60 bits per heavy atom. The third-order valence-electron chi connectivity index (χ3n) is 6.06. The lowest BCUT2D eigenvalue weighted by molar-refractivity contribution is 0.0949. The summed E-state index contributed by atoms with van der Waals surface area (Å²) < 4.78 is 33.7. The van der Waals surface area contributed by atoms with E-state index in [4.69, 9.17) is 10.00 Å². The van der Waals surface area contributed by atoms with E-state index in [1.807, 2.05) is 6.07 Å². The van der Waals surface area contributed by atoms with Crippen molar-refractivity contribution in [2.45, 2.75) is 31.1 Å². The second-order valence-electron chi connectivity index (χ2n) is 8.44. The molecule has 0 unspecified atom stereocenters. The van der Waals surface area contributed by atoms with Crippen molar-refractivity contribution in [1.82, 2.24) is 19.6 Å². The largest absolute Gasteiger partial charge is 0.474 e. The minimum Gasteiger partial charge on any atom is -0.474 e. The van der Waals surface area contributed by atoms with Gasteiger partial charge in [0.1, 0.15) is 22.4 Å². The third-order valence-corrected chi connectivity index (χ3v) is 8.39. The summed E-state index contributed by atoms with van der Waals surface area (Å²) in [4.78, 5) is 30.0. The predicted octanol–water partition coefficient (Wildman–Crippen LogP) is 1.59. The maximum absolute atomic E-state index is 13.0. The molecule has 0 spiro atoms.